The maximum Gasteiger partial charge on any atom is 0.328 e. The number of hydrogen-bond acceptors (Lipinski definition) is 4. The van der Waals surface area contributed by atoms with Gasteiger partial charge in [0.15, 0.2) is 0 Å². The van der Waals surface area contributed by atoms with E-state index in [9.17, 15) is 14.4 Å². The number of amides is 2. The summed E-state index contributed by atoms with van der Waals surface area (Å²) in [6.07, 6.45) is 4.78. The Morgan fingerprint density at radius 1 is 1.06 bits per heavy atom. The maximum absolute atomic E-state index is 13.6. The molecule has 2 aromatic carbocycles. The van der Waals surface area contributed by atoms with Crippen LogP contribution in [0.4, 0.5) is 0 Å². The molecule has 1 saturated carbocycles. The molecule has 1 saturated heterocycles. The van der Waals surface area contributed by atoms with E-state index in [1.807, 2.05) is 30.3 Å². The molecule has 2 fully saturated rings. The van der Waals surface area contributed by atoms with Crippen LogP contribution in [0.2, 0.25) is 5.02 Å². The van der Waals surface area contributed by atoms with Gasteiger partial charge in [-0.1, -0.05) is 66.9 Å². The largest absolute Gasteiger partial charge is 0.467 e. The highest BCUT2D eigenvalue weighted by Gasteiger charge is 2.48. The van der Waals surface area contributed by atoms with Crippen LogP contribution in [0.3, 0.4) is 0 Å². The second-order valence-electron chi connectivity index (χ2n) is 8.81. The third-order valence-corrected chi connectivity index (χ3v) is 7.18. The van der Waals surface area contributed by atoms with Gasteiger partial charge >= 0.3 is 5.97 Å². The van der Waals surface area contributed by atoms with E-state index in [2.05, 4.69) is 5.32 Å². The van der Waals surface area contributed by atoms with Crippen LogP contribution in [0.15, 0.2) is 54.6 Å². The Hall–Kier alpha value is -2.86. The first-order valence-electron chi connectivity index (χ1n) is 11.5. The lowest BCUT2D eigenvalue weighted by Gasteiger charge is -2.34. The lowest BCUT2D eigenvalue weighted by Crippen LogP contribution is -2.47. The molecular weight excluding hydrogens is 440 g/mol. The summed E-state index contributed by atoms with van der Waals surface area (Å²) < 4.78 is 5.03. The van der Waals surface area contributed by atoms with Gasteiger partial charge in [-0.15, -0.1) is 0 Å². The van der Waals surface area contributed by atoms with E-state index in [0.29, 0.717) is 22.9 Å². The highest BCUT2D eigenvalue weighted by atomic mass is 35.5. The Morgan fingerprint density at radius 3 is 2.48 bits per heavy atom. The van der Waals surface area contributed by atoms with Crippen LogP contribution >= 0.6 is 11.6 Å². The van der Waals surface area contributed by atoms with Crippen molar-refractivity contribution in [2.45, 2.75) is 56.7 Å². The summed E-state index contributed by atoms with van der Waals surface area (Å²) in [4.78, 5) is 40.9. The molecule has 4 rings (SSSR count). The molecule has 7 heteroatoms. The minimum atomic E-state index is -0.564. The highest BCUT2D eigenvalue weighted by Crippen LogP contribution is 2.41. The molecule has 4 atom stereocenters. The Balaban J connectivity index is 1.58. The Kier molecular flexibility index (Phi) is 7.33. The predicted molar refractivity (Wildman–Crippen MR) is 126 cm³/mol. The number of carbonyl (C=O) groups is 3. The lowest BCUT2D eigenvalue weighted by molar-refractivity contribution is -0.152. The maximum atomic E-state index is 13.6. The monoisotopic (exact) mass is 468 g/mol. The molecule has 2 amide bonds. The van der Waals surface area contributed by atoms with Crippen LogP contribution in [0.25, 0.3) is 0 Å². The van der Waals surface area contributed by atoms with Crippen molar-refractivity contribution in [3.63, 3.8) is 0 Å². The summed E-state index contributed by atoms with van der Waals surface area (Å²) in [6.45, 7) is 0. The average molecular weight is 469 g/mol. The van der Waals surface area contributed by atoms with Crippen LogP contribution < -0.4 is 5.32 Å². The molecule has 1 heterocycles. The number of fused-ring (bicyclic) bond motifs is 1. The van der Waals surface area contributed by atoms with Gasteiger partial charge in [0.2, 0.25) is 5.91 Å². The topological polar surface area (TPSA) is 75.7 Å². The van der Waals surface area contributed by atoms with Crippen molar-refractivity contribution in [1.82, 2.24) is 10.2 Å². The molecule has 0 aromatic heterocycles. The molecular formula is C26H29ClN2O4. The molecule has 0 radical (unpaired) electrons. The van der Waals surface area contributed by atoms with E-state index in [1.165, 1.54) is 7.11 Å². The zero-order valence-corrected chi connectivity index (χ0v) is 19.5. The van der Waals surface area contributed by atoms with Gasteiger partial charge in [-0.05, 0) is 42.9 Å². The van der Waals surface area contributed by atoms with Gasteiger partial charge in [-0.25, -0.2) is 4.79 Å². The number of hydrogen-bond donors (Lipinski definition) is 1. The summed E-state index contributed by atoms with van der Waals surface area (Å²) in [6, 6.07) is 15.2. The summed E-state index contributed by atoms with van der Waals surface area (Å²) in [7, 11) is 1.36. The molecule has 0 spiro atoms. The van der Waals surface area contributed by atoms with Gasteiger partial charge in [-0.3, -0.25) is 9.59 Å². The molecule has 1 N–H and O–H groups in total. The molecule has 2 aliphatic rings. The lowest BCUT2D eigenvalue weighted by atomic mass is 9.84. The number of halogens is 1. The van der Waals surface area contributed by atoms with Crippen LogP contribution in [-0.2, 0) is 14.3 Å². The van der Waals surface area contributed by atoms with E-state index in [4.69, 9.17) is 16.3 Å². The van der Waals surface area contributed by atoms with Gasteiger partial charge in [0.25, 0.3) is 5.91 Å². The van der Waals surface area contributed by atoms with Gasteiger partial charge in [0, 0.05) is 6.04 Å². The number of benzene rings is 2. The standard InChI is InChI=1S/C26H29ClN2O4/c1-33-26(32)23-15-18-11-5-8-14-22(18)29(23)24(30)16-21(17-9-3-2-4-10-17)28-25(31)19-12-6-7-13-20(19)27/h2-4,6-7,9-10,12-13,18,21-23H,5,8,11,14-16H2,1H3,(H,28,31). The van der Waals surface area contributed by atoms with Crippen molar-refractivity contribution in [3.8, 4) is 0 Å². The van der Waals surface area contributed by atoms with Crippen LogP contribution in [0.1, 0.15) is 60.5 Å². The number of likely N-dealkylation sites (tertiary alicyclic amines) is 1. The predicted octanol–water partition coefficient (Wildman–Crippen LogP) is 4.53. The smallest absolute Gasteiger partial charge is 0.328 e. The fraction of sp³-hybridized carbons (Fsp3) is 0.423. The van der Waals surface area contributed by atoms with E-state index in [0.717, 1.165) is 31.2 Å². The van der Waals surface area contributed by atoms with Crippen molar-refractivity contribution in [2.24, 2.45) is 5.92 Å². The Bertz CT molecular complexity index is 1010. The summed E-state index contributed by atoms with van der Waals surface area (Å²) >= 11 is 6.22. The second kappa shape index (κ2) is 10.4. The summed E-state index contributed by atoms with van der Waals surface area (Å²) in [5.41, 5.74) is 1.17. The fourth-order valence-electron chi connectivity index (χ4n) is 5.26. The fourth-order valence-corrected chi connectivity index (χ4v) is 5.49. The van der Waals surface area contributed by atoms with Gasteiger partial charge < -0.3 is 15.0 Å². The normalized spacial score (nSPS) is 22.8. The zero-order valence-electron chi connectivity index (χ0n) is 18.7. The first-order valence-corrected chi connectivity index (χ1v) is 11.9. The van der Waals surface area contributed by atoms with Gasteiger partial charge in [0.05, 0.1) is 30.2 Å². The zero-order chi connectivity index (χ0) is 23.4. The van der Waals surface area contributed by atoms with E-state index in [1.54, 1.807) is 29.2 Å². The first kappa shape index (κ1) is 23.3. The number of carbonyl (C=O) groups excluding carboxylic acids is 3. The number of rotatable bonds is 6. The van der Waals surface area contributed by atoms with Crippen molar-refractivity contribution in [3.05, 3.63) is 70.7 Å². The second-order valence-corrected chi connectivity index (χ2v) is 9.22. The third kappa shape index (κ3) is 5.06. The molecule has 33 heavy (non-hydrogen) atoms. The van der Waals surface area contributed by atoms with E-state index < -0.39 is 12.1 Å². The highest BCUT2D eigenvalue weighted by molar-refractivity contribution is 6.33. The van der Waals surface area contributed by atoms with Crippen LogP contribution in [0, 0.1) is 5.92 Å². The molecule has 2 aromatic rings. The number of ether oxygens (including phenoxy) is 1. The summed E-state index contributed by atoms with van der Waals surface area (Å²) in [5, 5.41) is 3.34. The molecule has 1 aliphatic carbocycles. The molecule has 0 bridgehead atoms. The number of nitrogens with one attached hydrogen (secondary N) is 1. The molecule has 4 unspecified atom stereocenters. The number of nitrogens with zero attached hydrogens (tertiary/aromatic N) is 1. The van der Waals surface area contributed by atoms with Crippen molar-refractivity contribution < 1.29 is 19.1 Å². The van der Waals surface area contributed by atoms with Crippen molar-refractivity contribution in [2.75, 3.05) is 7.11 Å². The van der Waals surface area contributed by atoms with E-state index in [-0.39, 0.29) is 30.2 Å². The average Bonchev–Trinajstić information content (AvgIpc) is 3.23. The van der Waals surface area contributed by atoms with Crippen LogP contribution in [0.5, 0.6) is 0 Å². The van der Waals surface area contributed by atoms with Gasteiger partial charge in [0.1, 0.15) is 6.04 Å². The third-order valence-electron chi connectivity index (χ3n) is 6.85. The minimum Gasteiger partial charge on any atom is -0.467 e. The summed E-state index contributed by atoms with van der Waals surface area (Å²) in [5.74, 6) is -0.536. The quantitative estimate of drug-likeness (QED) is 0.632. The number of esters is 1. The van der Waals surface area contributed by atoms with Crippen molar-refractivity contribution in [1.29, 1.82) is 0 Å². The Morgan fingerprint density at radius 2 is 1.76 bits per heavy atom. The minimum absolute atomic E-state index is 0.0473. The van der Waals surface area contributed by atoms with Crippen LogP contribution in [-0.4, -0.2) is 41.9 Å². The molecule has 174 valence electrons. The van der Waals surface area contributed by atoms with E-state index >= 15 is 0 Å². The van der Waals surface area contributed by atoms with Crippen molar-refractivity contribution >= 4 is 29.4 Å². The Labute approximate surface area is 199 Å². The molecule has 6 nitrogen and oxygen atoms in total. The first-order chi connectivity index (χ1) is 16.0. The SMILES string of the molecule is COC(=O)C1CC2CCCCC2N1C(=O)CC(NC(=O)c1ccccc1Cl)c1ccccc1. The number of methoxy groups -OCH3 is 1. The van der Waals surface area contributed by atoms with Gasteiger partial charge in [-0.2, -0.15) is 0 Å². The molecule has 1 aliphatic heterocycles.